The third-order valence-electron chi connectivity index (χ3n) is 4.07. The van der Waals surface area contributed by atoms with Crippen molar-refractivity contribution in [2.24, 2.45) is 4.99 Å². The maximum absolute atomic E-state index is 4.55. The molecule has 0 amide bonds. The van der Waals surface area contributed by atoms with Gasteiger partial charge in [-0.2, -0.15) is 0 Å². The Morgan fingerprint density at radius 3 is 2.44 bits per heavy atom. The summed E-state index contributed by atoms with van der Waals surface area (Å²) in [6.45, 7) is 9.06. The van der Waals surface area contributed by atoms with E-state index in [0.717, 1.165) is 6.54 Å². The molecule has 0 bridgehead atoms. The number of unbranched alkanes of at least 4 members (excludes halogenated alkanes) is 6. The van der Waals surface area contributed by atoms with Crippen LogP contribution in [-0.4, -0.2) is 29.9 Å². The van der Waals surface area contributed by atoms with Gasteiger partial charge in [-0.15, -0.1) is 0 Å². The average Bonchev–Trinajstić information content (AvgIpc) is 2.38. The Balaban J connectivity index is 2.04. The lowest BCUT2D eigenvalue weighted by Gasteiger charge is -2.33. The van der Waals surface area contributed by atoms with Crippen LogP contribution in [0.3, 0.4) is 0 Å². The van der Waals surface area contributed by atoms with Gasteiger partial charge in [-0.05, 0) is 26.7 Å². The average molecular weight is 252 g/mol. The second-order valence-electron chi connectivity index (χ2n) is 5.73. The molecular weight excluding hydrogens is 220 g/mol. The Hall–Kier alpha value is -0.530. The zero-order valence-corrected chi connectivity index (χ0v) is 12.7. The fourth-order valence-electron chi connectivity index (χ4n) is 2.83. The zero-order valence-electron chi connectivity index (χ0n) is 12.7. The Kier molecular flexibility index (Phi) is 8.11. The van der Waals surface area contributed by atoms with Crippen LogP contribution < -0.4 is 0 Å². The molecule has 0 N–H and O–H groups in total. The summed E-state index contributed by atoms with van der Waals surface area (Å²) in [6, 6.07) is 0.685. The molecule has 0 unspecified atom stereocenters. The molecular formula is C16H32N2. The highest BCUT2D eigenvalue weighted by atomic mass is 15.2. The standard InChI is InChI=1S/C16H32N2/c1-4-5-6-7-8-9-10-12-15(2)18-14-11-13-17-16(18)3/h15H,4-14H2,1-3H3/t15-/m0/s1. The van der Waals surface area contributed by atoms with E-state index in [2.05, 4.69) is 30.7 Å². The fourth-order valence-corrected chi connectivity index (χ4v) is 2.83. The third kappa shape index (κ3) is 5.88. The summed E-state index contributed by atoms with van der Waals surface area (Å²) in [5.74, 6) is 1.26. The van der Waals surface area contributed by atoms with Gasteiger partial charge in [0.1, 0.15) is 0 Å². The van der Waals surface area contributed by atoms with Crippen LogP contribution in [0, 0.1) is 0 Å². The maximum atomic E-state index is 4.55. The minimum absolute atomic E-state index is 0.685. The van der Waals surface area contributed by atoms with Gasteiger partial charge in [-0.25, -0.2) is 0 Å². The number of aliphatic imine (C=N–C) groups is 1. The number of amidine groups is 1. The molecule has 18 heavy (non-hydrogen) atoms. The summed E-state index contributed by atoms with van der Waals surface area (Å²) >= 11 is 0. The monoisotopic (exact) mass is 252 g/mol. The van der Waals surface area contributed by atoms with Crippen LogP contribution in [0.5, 0.6) is 0 Å². The summed E-state index contributed by atoms with van der Waals surface area (Å²) in [7, 11) is 0. The van der Waals surface area contributed by atoms with Crippen LogP contribution in [0.4, 0.5) is 0 Å². The molecule has 1 aliphatic rings. The van der Waals surface area contributed by atoms with Crippen molar-refractivity contribution in [1.29, 1.82) is 0 Å². The van der Waals surface area contributed by atoms with E-state index in [1.807, 2.05) is 0 Å². The summed E-state index contributed by atoms with van der Waals surface area (Å²) in [6.07, 6.45) is 12.4. The lowest BCUT2D eigenvalue weighted by Crippen LogP contribution is -2.40. The van der Waals surface area contributed by atoms with Crippen molar-refractivity contribution in [3.63, 3.8) is 0 Å². The third-order valence-corrected chi connectivity index (χ3v) is 4.07. The van der Waals surface area contributed by atoms with Crippen molar-refractivity contribution < 1.29 is 0 Å². The van der Waals surface area contributed by atoms with E-state index in [0.29, 0.717) is 6.04 Å². The van der Waals surface area contributed by atoms with Crippen LogP contribution in [-0.2, 0) is 0 Å². The molecule has 0 aromatic rings. The molecule has 0 aromatic heterocycles. The molecule has 0 radical (unpaired) electrons. The molecule has 1 heterocycles. The molecule has 1 rings (SSSR count). The van der Waals surface area contributed by atoms with Gasteiger partial charge >= 0.3 is 0 Å². The van der Waals surface area contributed by atoms with Crippen molar-refractivity contribution in [1.82, 2.24) is 4.90 Å². The summed E-state index contributed by atoms with van der Waals surface area (Å²) in [5, 5.41) is 0. The van der Waals surface area contributed by atoms with Gasteiger partial charge in [0.15, 0.2) is 0 Å². The van der Waals surface area contributed by atoms with Crippen LogP contribution in [0.25, 0.3) is 0 Å². The topological polar surface area (TPSA) is 15.6 Å². The normalized spacial score (nSPS) is 17.7. The zero-order chi connectivity index (χ0) is 13.2. The predicted molar refractivity (Wildman–Crippen MR) is 81.4 cm³/mol. The van der Waals surface area contributed by atoms with E-state index in [-0.39, 0.29) is 0 Å². The maximum Gasteiger partial charge on any atom is 0.0959 e. The minimum Gasteiger partial charge on any atom is -0.358 e. The summed E-state index contributed by atoms with van der Waals surface area (Å²) in [4.78, 5) is 7.05. The van der Waals surface area contributed by atoms with E-state index in [1.165, 1.54) is 70.2 Å². The molecule has 2 heteroatoms. The second kappa shape index (κ2) is 9.41. The first kappa shape index (κ1) is 15.5. The molecule has 1 atom stereocenters. The molecule has 0 saturated heterocycles. The van der Waals surface area contributed by atoms with Crippen molar-refractivity contribution in [3.8, 4) is 0 Å². The van der Waals surface area contributed by atoms with Gasteiger partial charge in [0.05, 0.1) is 5.84 Å². The van der Waals surface area contributed by atoms with Crippen molar-refractivity contribution >= 4 is 5.84 Å². The van der Waals surface area contributed by atoms with Gasteiger partial charge in [-0.3, -0.25) is 4.99 Å². The van der Waals surface area contributed by atoms with Gasteiger partial charge in [-0.1, -0.05) is 51.9 Å². The van der Waals surface area contributed by atoms with Crippen LogP contribution in [0.2, 0.25) is 0 Å². The quantitative estimate of drug-likeness (QED) is 0.546. The van der Waals surface area contributed by atoms with Gasteiger partial charge in [0.2, 0.25) is 0 Å². The Morgan fingerprint density at radius 1 is 1.11 bits per heavy atom. The van der Waals surface area contributed by atoms with E-state index in [1.54, 1.807) is 0 Å². The van der Waals surface area contributed by atoms with Crippen LogP contribution >= 0.6 is 0 Å². The predicted octanol–water partition coefficient (Wildman–Crippen LogP) is 4.64. The number of hydrogen-bond acceptors (Lipinski definition) is 2. The van der Waals surface area contributed by atoms with Crippen LogP contribution in [0.15, 0.2) is 4.99 Å². The number of rotatable bonds is 9. The molecule has 0 saturated carbocycles. The minimum atomic E-state index is 0.685. The highest BCUT2D eigenvalue weighted by molar-refractivity contribution is 5.80. The number of hydrogen-bond donors (Lipinski definition) is 0. The van der Waals surface area contributed by atoms with Gasteiger partial charge in [0.25, 0.3) is 0 Å². The second-order valence-corrected chi connectivity index (χ2v) is 5.73. The van der Waals surface area contributed by atoms with E-state index in [9.17, 15) is 0 Å². The van der Waals surface area contributed by atoms with E-state index < -0.39 is 0 Å². The Bertz CT molecular complexity index is 235. The fraction of sp³-hybridized carbons (Fsp3) is 0.938. The molecule has 0 fully saturated rings. The Morgan fingerprint density at radius 2 is 1.78 bits per heavy atom. The lowest BCUT2D eigenvalue weighted by atomic mass is 10.0. The molecule has 0 aliphatic carbocycles. The van der Waals surface area contributed by atoms with E-state index in [4.69, 9.17) is 0 Å². The molecule has 106 valence electrons. The SMILES string of the molecule is CCCCCCCCC[C@H](C)N1CCCN=C1C. The molecule has 0 aromatic carbocycles. The summed E-state index contributed by atoms with van der Waals surface area (Å²) in [5.41, 5.74) is 0. The molecule has 2 nitrogen and oxygen atoms in total. The van der Waals surface area contributed by atoms with Crippen molar-refractivity contribution in [2.75, 3.05) is 13.1 Å². The van der Waals surface area contributed by atoms with Gasteiger partial charge in [0, 0.05) is 19.1 Å². The smallest absolute Gasteiger partial charge is 0.0959 e. The Labute approximate surface area is 114 Å². The van der Waals surface area contributed by atoms with Gasteiger partial charge < -0.3 is 4.90 Å². The van der Waals surface area contributed by atoms with Crippen LogP contribution in [0.1, 0.15) is 78.6 Å². The molecule has 0 spiro atoms. The highest BCUT2D eigenvalue weighted by Crippen LogP contribution is 2.15. The van der Waals surface area contributed by atoms with Crippen molar-refractivity contribution in [2.45, 2.75) is 84.6 Å². The summed E-state index contributed by atoms with van der Waals surface area (Å²) < 4.78 is 0. The van der Waals surface area contributed by atoms with Crippen molar-refractivity contribution in [3.05, 3.63) is 0 Å². The first-order valence-electron chi connectivity index (χ1n) is 8.03. The number of nitrogens with zero attached hydrogens (tertiary/aromatic N) is 2. The lowest BCUT2D eigenvalue weighted by molar-refractivity contribution is 0.291. The largest absolute Gasteiger partial charge is 0.358 e. The first-order chi connectivity index (χ1) is 8.75. The molecule has 1 aliphatic heterocycles. The first-order valence-corrected chi connectivity index (χ1v) is 8.03. The highest BCUT2D eigenvalue weighted by Gasteiger charge is 2.16. The van der Waals surface area contributed by atoms with E-state index >= 15 is 0 Å².